The molecule has 2 heteroatoms. The van der Waals surface area contributed by atoms with Crippen LogP contribution in [0.15, 0.2) is 151 Å². The van der Waals surface area contributed by atoms with E-state index in [1.165, 1.54) is 55.9 Å². The van der Waals surface area contributed by atoms with Crippen LogP contribution < -0.4 is 9.80 Å². The summed E-state index contributed by atoms with van der Waals surface area (Å²) in [5, 5.41) is 0. The van der Waals surface area contributed by atoms with Gasteiger partial charge >= 0.3 is 0 Å². The Balaban J connectivity index is 1.54. The van der Waals surface area contributed by atoms with E-state index in [9.17, 15) is 0 Å². The second-order valence-corrected chi connectivity index (χ2v) is 16.1. The smallest absolute Gasteiger partial charge is 0.0520 e. The van der Waals surface area contributed by atoms with Gasteiger partial charge in [-0.1, -0.05) is 121 Å². The van der Waals surface area contributed by atoms with Crippen LogP contribution in [0.4, 0.5) is 22.7 Å². The molecule has 5 rings (SSSR count). The molecule has 4 aromatic carbocycles. The van der Waals surface area contributed by atoms with E-state index in [0.29, 0.717) is 0 Å². The van der Waals surface area contributed by atoms with Gasteiger partial charge in [-0.15, -0.1) is 5.73 Å². The fourth-order valence-electron chi connectivity index (χ4n) is 6.95. The Morgan fingerprint density at radius 1 is 0.635 bits per heavy atom. The minimum atomic E-state index is 0.0767. The Morgan fingerprint density at radius 3 is 1.60 bits per heavy atom. The van der Waals surface area contributed by atoms with Gasteiger partial charge in [-0.3, -0.25) is 0 Å². The molecule has 0 saturated heterocycles. The number of hydrogen-bond acceptors (Lipinski definition) is 2. The quantitative estimate of drug-likeness (QED) is 0.128. The molecule has 0 aliphatic heterocycles. The number of anilines is 4. The molecule has 1 aliphatic carbocycles. The zero-order chi connectivity index (χ0) is 37.8. The molecule has 0 unspecified atom stereocenters. The van der Waals surface area contributed by atoms with E-state index in [2.05, 4.69) is 201 Å². The molecule has 0 fully saturated rings. The van der Waals surface area contributed by atoms with Crippen molar-refractivity contribution < 1.29 is 0 Å². The standard InChI is InChI=1S/C50H56N2/c1-13-14-17-20-39(6)51(47-35(2)31-42(32-36(47)3)49(7,8)9)45-27-23-40(24-28-45)41-25-29-46(30-26-41)52(44-21-18-15-16-19-22-44)48-37(4)33-43(34-38(48)5)50(10,11)12/h13-15,17-34H,1H2,2-12H3/b17-14-,39-20+. The Hall–Kier alpha value is -5.30. The van der Waals surface area contributed by atoms with Crippen LogP contribution in [0.1, 0.15) is 81.8 Å². The molecule has 52 heavy (non-hydrogen) atoms. The van der Waals surface area contributed by atoms with Crippen molar-refractivity contribution in [1.29, 1.82) is 0 Å². The van der Waals surface area contributed by atoms with Crippen molar-refractivity contribution in [3.8, 4) is 11.1 Å². The molecule has 1 aliphatic rings. The number of rotatable bonds is 9. The summed E-state index contributed by atoms with van der Waals surface area (Å²) in [5.74, 6) is 0. The summed E-state index contributed by atoms with van der Waals surface area (Å²) >= 11 is 0. The van der Waals surface area contributed by atoms with Crippen LogP contribution in [0, 0.1) is 27.7 Å². The third-order valence-corrected chi connectivity index (χ3v) is 9.75. The molecule has 0 atom stereocenters. The molecule has 0 saturated carbocycles. The highest BCUT2D eigenvalue weighted by Crippen LogP contribution is 2.41. The summed E-state index contributed by atoms with van der Waals surface area (Å²) in [6.45, 7) is 28.6. The minimum absolute atomic E-state index is 0.0767. The number of allylic oxidation sites excluding steroid dienone is 9. The summed E-state index contributed by atoms with van der Waals surface area (Å²) in [6.07, 6.45) is 18.3. The first-order valence-corrected chi connectivity index (χ1v) is 18.4. The predicted molar refractivity (Wildman–Crippen MR) is 228 cm³/mol. The van der Waals surface area contributed by atoms with Crippen LogP contribution in [-0.2, 0) is 10.8 Å². The molecule has 0 spiro atoms. The van der Waals surface area contributed by atoms with Crippen LogP contribution in [-0.4, -0.2) is 0 Å². The average molecular weight is 685 g/mol. The first-order valence-electron chi connectivity index (χ1n) is 18.4. The van der Waals surface area contributed by atoms with Crippen LogP contribution >= 0.6 is 0 Å². The van der Waals surface area contributed by atoms with Gasteiger partial charge in [-0.05, 0) is 145 Å². The Labute approximate surface area is 314 Å². The van der Waals surface area contributed by atoms with Crippen molar-refractivity contribution in [1.82, 2.24) is 0 Å². The molecule has 0 heterocycles. The molecule has 4 aromatic rings. The predicted octanol–water partition coefficient (Wildman–Crippen LogP) is 14.3. The largest absolute Gasteiger partial charge is 0.314 e. The highest BCUT2D eigenvalue weighted by Gasteiger charge is 2.23. The molecule has 0 aromatic heterocycles. The van der Waals surface area contributed by atoms with Crippen molar-refractivity contribution in [3.63, 3.8) is 0 Å². The minimum Gasteiger partial charge on any atom is -0.314 e. The van der Waals surface area contributed by atoms with E-state index in [-0.39, 0.29) is 10.8 Å². The van der Waals surface area contributed by atoms with Crippen LogP contribution in [0.25, 0.3) is 11.1 Å². The van der Waals surface area contributed by atoms with E-state index in [4.69, 9.17) is 0 Å². The molecule has 0 bridgehead atoms. The SMILES string of the molecule is C=C/C=C\C=C(/C)N(c1ccc(-c2ccc(N(C3=CC=C=CC=C3)c3c(C)cc(C(C)(C)C)cc3C)cc2)cc1)c1c(C)cc(C(C)(C)C)cc1C. The Kier molecular flexibility index (Phi) is 11.3. The second kappa shape index (κ2) is 15.5. The van der Waals surface area contributed by atoms with Crippen molar-refractivity contribution in [2.75, 3.05) is 9.80 Å². The molecule has 266 valence electrons. The zero-order valence-electron chi connectivity index (χ0n) is 33.2. The third-order valence-electron chi connectivity index (χ3n) is 9.75. The molecule has 0 amide bonds. The number of nitrogens with zero attached hydrogens (tertiary/aromatic N) is 2. The van der Waals surface area contributed by atoms with Crippen molar-refractivity contribution in [2.24, 2.45) is 0 Å². The van der Waals surface area contributed by atoms with Gasteiger partial charge in [0.15, 0.2) is 0 Å². The van der Waals surface area contributed by atoms with E-state index in [0.717, 1.165) is 22.8 Å². The second-order valence-electron chi connectivity index (χ2n) is 16.1. The fourth-order valence-corrected chi connectivity index (χ4v) is 6.95. The number of benzene rings is 4. The van der Waals surface area contributed by atoms with Crippen molar-refractivity contribution >= 4 is 22.7 Å². The first kappa shape index (κ1) is 37.9. The number of aryl methyl sites for hydroxylation is 4. The normalized spacial score (nSPS) is 13.4. The molecular formula is C50H56N2. The summed E-state index contributed by atoms with van der Waals surface area (Å²) in [7, 11) is 0. The van der Waals surface area contributed by atoms with Gasteiger partial charge < -0.3 is 9.80 Å². The van der Waals surface area contributed by atoms with Gasteiger partial charge in [0.1, 0.15) is 0 Å². The van der Waals surface area contributed by atoms with E-state index < -0.39 is 0 Å². The maximum absolute atomic E-state index is 3.85. The van der Waals surface area contributed by atoms with E-state index in [1.54, 1.807) is 0 Å². The maximum atomic E-state index is 3.85. The first-order chi connectivity index (χ1) is 24.6. The zero-order valence-corrected chi connectivity index (χ0v) is 33.2. The lowest BCUT2D eigenvalue weighted by molar-refractivity contribution is 0.589. The van der Waals surface area contributed by atoms with E-state index in [1.807, 2.05) is 24.3 Å². The average Bonchev–Trinajstić information content (AvgIpc) is 3.37. The lowest BCUT2D eigenvalue weighted by Gasteiger charge is -2.31. The summed E-state index contributed by atoms with van der Waals surface area (Å²) in [5.41, 5.74) is 20.4. The Morgan fingerprint density at radius 2 is 1.12 bits per heavy atom. The van der Waals surface area contributed by atoms with Crippen LogP contribution in [0.5, 0.6) is 0 Å². The molecule has 2 nitrogen and oxygen atoms in total. The third kappa shape index (κ3) is 8.42. The highest BCUT2D eigenvalue weighted by molar-refractivity contribution is 5.80. The summed E-state index contributed by atoms with van der Waals surface area (Å²) < 4.78 is 0. The monoisotopic (exact) mass is 684 g/mol. The lowest BCUT2D eigenvalue weighted by atomic mass is 9.84. The fraction of sp³-hybridized carbons (Fsp3) is 0.260. The van der Waals surface area contributed by atoms with Gasteiger partial charge in [-0.2, -0.15) is 0 Å². The molecule has 0 radical (unpaired) electrons. The van der Waals surface area contributed by atoms with Crippen LogP contribution in [0.2, 0.25) is 0 Å². The van der Waals surface area contributed by atoms with Gasteiger partial charge in [-0.25, -0.2) is 0 Å². The van der Waals surface area contributed by atoms with Crippen molar-refractivity contribution in [3.05, 3.63) is 185 Å². The maximum Gasteiger partial charge on any atom is 0.0520 e. The van der Waals surface area contributed by atoms with Crippen LogP contribution in [0.3, 0.4) is 0 Å². The molecule has 0 N–H and O–H groups in total. The van der Waals surface area contributed by atoms with Gasteiger partial charge in [0.05, 0.1) is 11.4 Å². The van der Waals surface area contributed by atoms with Crippen molar-refractivity contribution in [2.45, 2.75) is 87.0 Å². The molecular weight excluding hydrogens is 629 g/mol. The summed E-state index contributed by atoms with van der Waals surface area (Å²) in [4.78, 5) is 4.75. The topological polar surface area (TPSA) is 6.48 Å². The van der Waals surface area contributed by atoms with E-state index >= 15 is 0 Å². The number of hydrogen-bond donors (Lipinski definition) is 0. The van der Waals surface area contributed by atoms with Gasteiger partial charge in [0.2, 0.25) is 0 Å². The Bertz CT molecular complexity index is 2080. The van der Waals surface area contributed by atoms with Gasteiger partial charge in [0, 0.05) is 22.8 Å². The summed E-state index contributed by atoms with van der Waals surface area (Å²) in [6, 6.07) is 27.3. The highest BCUT2D eigenvalue weighted by atomic mass is 15.2. The van der Waals surface area contributed by atoms with Gasteiger partial charge in [0.25, 0.3) is 0 Å². The lowest BCUT2D eigenvalue weighted by Crippen LogP contribution is -2.19.